The summed E-state index contributed by atoms with van der Waals surface area (Å²) in [6.45, 7) is 2.57. The van der Waals surface area contributed by atoms with Crippen LogP contribution in [0.2, 0.25) is 0 Å². The van der Waals surface area contributed by atoms with Crippen LogP contribution in [0.3, 0.4) is 0 Å². The Kier molecular flexibility index (Phi) is 8.55. The number of halogens is 4. The molecule has 6 nitrogen and oxygen atoms in total. The molecule has 10 heteroatoms. The second kappa shape index (κ2) is 10.1. The topological polar surface area (TPSA) is 88.2 Å². The van der Waals surface area contributed by atoms with E-state index in [9.17, 15) is 13.2 Å². The van der Waals surface area contributed by atoms with Gasteiger partial charge in [-0.25, -0.2) is 9.97 Å². The number of aryl methyl sites for hydroxylation is 1. The van der Waals surface area contributed by atoms with E-state index in [2.05, 4.69) is 32.5 Å². The molecule has 1 aromatic carbocycles. The summed E-state index contributed by atoms with van der Waals surface area (Å²) >= 11 is 0. The van der Waals surface area contributed by atoms with Crippen molar-refractivity contribution in [3.05, 3.63) is 47.8 Å². The first-order chi connectivity index (χ1) is 11.9. The third kappa shape index (κ3) is 7.02. The molecule has 26 heavy (non-hydrogen) atoms. The SMILES string of the molecule is CCc1ccc(NC(N)=NCCNc2nccc(C(F)(F)F)n2)cc1.I. The predicted molar refractivity (Wildman–Crippen MR) is 107 cm³/mol. The molecular formula is C16H20F3IN6. The highest BCUT2D eigenvalue weighted by Gasteiger charge is 2.32. The molecular weight excluding hydrogens is 460 g/mol. The van der Waals surface area contributed by atoms with E-state index < -0.39 is 11.9 Å². The zero-order valence-corrected chi connectivity index (χ0v) is 16.4. The van der Waals surface area contributed by atoms with Crippen molar-refractivity contribution in [2.24, 2.45) is 10.7 Å². The van der Waals surface area contributed by atoms with Gasteiger partial charge in [0.2, 0.25) is 5.95 Å². The highest BCUT2D eigenvalue weighted by Crippen LogP contribution is 2.27. The first kappa shape index (κ1) is 21.9. The van der Waals surface area contributed by atoms with E-state index >= 15 is 0 Å². The number of nitrogens with zero attached hydrogens (tertiary/aromatic N) is 3. The van der Waals surface area contributed by atoms with Gasteiger partial charge in [0.15, 0.2) is 5.96 Å². The highest BCUT2D eigenvalue weighted by molar-refractivity contribution is 14.0. The molecule has 0 aliphatic carbocycles. The van der Waals surface area contributed by atoms with E-state index in [0.717, 1.165) is 24.4 Å². The Hall–Kier alpha value is -2.11. The van der Waals surface area contributed by atoms with Gasteiger partial charge in [0.1, 0.15) is 5.69 Å². The predicted octanol–water partition coefficient (Wildman–Crippen LogP) is 3.51. The minimum Gasteiger partial charge on any atom is -0.370 e. The van der Waals surface area contributed by atoms with Gasteiger partial charge in [-0.15, -0.1) is 24.0 Å². The Labute approximate surface area is 166 Å². The maximum atomic E-state index is 12.6. The number of alkyl halides is 3. The Balaban J connectivity index is 0.00000338. The molecule has 0 bridgehead atoms. The zero-order valence-electron chi connectivity index (χ0n) is 14.0. The van der Waals surface area contributed by atoms with Crippen molar-refractivity contribution in [3.8, 4) is 0 Å². The van der Waals surface area contributed by atoms with E-state index in [1.807, 2.05) is 24.3 Å². The minimum atomic E-state index is -4.50. The van der Waals surface area contributed by atoms with E-state index in [-0.39, 0.29) is 49.0 Å². The molecule has 0 spiro atoms. The number of nitrogens with one attached hydrogen (secondary N) is 2. The molecule has 2 rings (SSSR count). The summed E-state index contributed by atoms with van der Waals surface area (Å²) < 4.78 is 37.7. The average molecular weight is 480 g/mol. The summed E-state index contributed by atoms with van der Waals surface area (Å²) in [7, 11) is 0. The van der Waals surface area contributed by atoms with Gasteiger partial charge in [-0.05, 0) is 30.2 Å². The largest absolute Gasteiger partial charge is 0.433 e. The van der Waals surface area contributed by atoms with Crippen LogP contribution >= 0.6 is 24.0 Å². The first-order valence-corrected chi connectivity index (χ1v) is 7.68. The zero-order chi connectivity index (χ0) is 18.3. The molecule has 0 saturated heterocycles. The van der Waals surface area contributed by atoms with Crippen molar-refractivity contribution in [2.75, 3.05) is 23.7 Å². The number of hydrogen-bond donors (Lipinski definition) is 3. The van der Waals surface area contributed by atoms with Gasteiger partial charge in [-0.3, -0.25) is 4.99 Å². The van der Waals surface area contributed by atoms with Crippen LogP contribution in [0.15, 0.2) is 41.5 Å². The lowest BCUT2D eigenvalue weighted by atomic mass is 10.1. The summed E-state index contributed by atoms with van der Waals surface area (Å²) in [6, 6.07) is 8.59. The molecule has 1 aromatic heterocycles. The lowest BCUT2D eigenvalue weighted by Gasteiger charge is -2.08. The molecule has 0 aliphatic heterocycles. The number of guanidine groups is 1. The number of anilines is 2. The van der Waals surface area contributed by atoms with Gasteiger partial charge in [0.25, 0.3) is 0 Å². The second-order valence-electron chi connectivity index (χ2n) is 5.13. The Morgan fingerprint density at radius 3 is 2.50 bits per heavy atom. The summed E-state index contributed by atoms with van der Waals surface area (Å²) in [6.07, 6.45) is -2.50. The Morgan fingerprint density at radius 1 is 1.19 bits per heavy atom. The van der Waals surface area contributed by atoms with Crippen LogP contribution in [-0.2, 0) is 12.6 Å². The van der Waals surface area contributed by atoms with E-state index in [1.54, 1.807) is 0 Å². The maximum absolute atomic E-state index is 12.6. The van der Waals surface area contributed by atoms with Crippen LogP contribution < -0.4 is 16.4 Å². The molecule has 0 radical (unpaired) electrons. The van der Waals surface area contributed by atoms with Crippen LogP contribution in [0, 0.1) is 0 Å². The molecule has 0 amide bonds. The smallest absolute Gasteiger partial charge is 0.370 e. The van der Waals surface area contributed by atoms with Crippen molar-refractivity contribution < 1.29 is 13.2 Å². The summed E-state index contributed by atoms with van der Waals surface area (Å²) in [5, 5.41) is 5.62. The van der Waals surface area contributed by atoms with Crippen molar-refractivity contribution in [3.63, 3.8) is 0 Å². The monoisotopic (exact) mass is 480 g/mol. The molecule has 0 atom stereocenters. The standard InChI is InChI=1S/C16H19F3N6.HI/c1-2-11-3-5-12(6-4-11)24-14(20)21-9-10-23-15-22-8-7-13(25-15)16(17,18)19;/h3-8H,2,9-10H2,1H3,(H3,20,21,24)(H,22,23,25);1H. The average Bonchev–Trinajstić information content (AvgIpc) is 2.59. The molecule has 142 valence electrons. The first-order valence-electron chi connectivity index (χ1n) is 7.68. The second-order valence-corrected chi connectivity index (χ2v) is 5.13. The molecule has 2 aromatic rings. The van der Waals surface area contributed by atoms with Gasteiger partial charge < -0.3 is 16.4 Å². The highest BCUT2D eigenvalue weighted by atomic mass is 127. The normalized spacial score (nSPS) is 11.6. The summed E-state index contributed by atoms with van der Waals surface area (Å²) in [4.78, 5) is 11.2. The lowest BCUT2D eigenvalue weighted by Crippen LogP contribution is -2.24. The fourth-order valence-corrected chi connectivity index (χ4v) is 1.96. The fourth-order valence-electron chi connectivity index (χ4n) is 1.96. The summed E-state index contributed by atoms with van der Waals surface area (Å²) in [5.41, 5.74) is 6.80. The van der Waals surface area contributed by atoms with Crippen molar-refractivity contribution in [1.29, 1.82) is 0 Å². The van der Waals surface area contributed by atoms with E-state index in [0.29, 0.717) is 0 Å². The third-order valence-electron chi connectivity index (χ3n) is 3.26. The van der Waals surface area contributed by atoms with Crippen molar-refractivity contribution in [2.45, 2.75) is 19.5 Å². The van der Waals surface area contributed by atoms with Crippen LogP contribution in [0.1, 0.15) is 18.2 Å². The Bertz CT molecular complexity index is 719. The molecule has 4 N–H and O–H groups in total. The minimum absolute atomic E-state index is 0. The fraction of sp³-hybridized carbons (Fsp3) is 0.312. The molecule has 0 saturated carbocycles. The van der Waals surface area contributed by atoms with Gasteiger partial charge in [-0.1, -0.05) is 19.1 Å². The van der Waals surface area contributed by atoms with Gasteiger partial charge in [0, 0.05) is 18.4 Å². The van der Waals surface area contributed by atoms with Crippen molar-refractivity contribution in [1.82, 2.24) is 9.97 Å². The van der Waals surface area contributed by atoms with Gasteiger partial charge in [-0.2, -0.15) is 13.2 Å². The van der Waals surface area contributed by atoms with Gasteiger partial charge >= 0.3 is 6.18 Å². The third-order valence-corrected chi connectivity index (χ3v) is 3.26. The number of aromatic nitrogens is 2. The summed E-state index contributed by atoms with van der Waals surface area (Å²) in [5.74, 6) is 0.114. The van der Waals surface area contributed by atoms with Crippen LogP contribution in [-0.4, -0.2) is 29.0 Å². The molecule has 0 fully saturated rings. The number of hydrogen-bond acceptors (Lipinski definition) is 4. The van der Waals surface area contributed by atoms with Crippen LogP contribution in [0.25, 0.3) is 0 Å². The van der Waals surface area contributed by atoms with E-state index in [4.69, 9.17) is 5.73 Å². The number of benzene rings is 1. The van der Waals surface area contributed by atoms with Crippen molar-refractivity contribution >= 4 is 41.6 Å². The van der Waals surface area contributed by atoms with Gasteiger partial charge in [0.05, 0.1) is 6.54 Å². The number of aliphatic imine (C=N–C) groups is 1. The van der Waals surface area contributed by atoms with E-state index in [1.165, 1.54) is 5.56 Å². The molecule has 1 heterocycles. The maximum Gasteiger partial charge on any atom is 0.433 e. The number of rotatable bonds is 6. The number of nitrogens with two attached hydrogens (primary N) is 1. The van der Waals surface area contributed by atoms with Crippen LogP contribution in [0.4, 0.5) is 24.8 Å². The molecule has 0 aliphatic rings. The quantitative estimate of drug-likeness (QED) is 0.255. The van der Waals surface area contributed by atoms with Crippen LogP contribution in [0.5, 0.6) is 0 Å². The molecule has 0 unspecified atom stereocenters. The Morgan fingerprint density at radius 2 is 1.88 bits per heavy atom. The lowest BCUT2D eigenvalue weighted by molar-refractivity contribution is -0.141.